The Balaban J connectivity index is 1.97. The van der Waals surface area contributed by atoms with Gasteiger partial charge in [-0.05, 0) is 53.8 Å². The van der Waals surface area contributed by atoms with E-state index in [1.165, 1.54) is 22.0 Å². The number of rotatable bonds is 7. The van der Waals surface area contributed by atoms with Crippen LogP contribution >= 0.6 is 0 Å². The molecule has 0 radical (unpaired) electrons. The number of nitrogens with zero attached hydrogens (tertiary/aromatic N) is 2. The molecule has 0 saturated carbocycles. The van der Waals surface area contributed by atoms with E-state index in [9.17, 15) is 12.8 Å². The molecule has 146 valence electrons. The van der Waals surface area contributed by atoms with Crippen molar-refractivity contribution in [3.63, 3.8) is 0 Å². The number of benzene rings is 2. The first-order chi connectivity index (χ1) is 13.4. The van der Waals surface area contributed by atoms with Gasteiger partial charge in [0, 0.05) is 25.5 Å². The zero-order chi connectivity index (χ0) is 20.1. The molecule has 0 amide bonds. The maximum atomic E-state index is 14.0. The van der Waals surface area contributed by atoms with Gasteiger partial charge in [0.2, 0.25) is 10.0 Å². The topological polar surface area (TPSA) is 50.3 Å². The monoisotopic (exact) mass is 398 g/mol. The summed E-state index contributed by atoms with van der Waals surface area (Å²) in [5, 5.41) is 0. The van der Waals surface area contributed by atoms with Gasteiger partial charge in [-0.25, -0.2) is 12.8 Å². The summed E-state index contributed by atoms with van der Waals surface area (Å²) in [6.45, 7) is 4.02. The number of halogens is 1. The summed E-state index contributed by atoms with van der Waals surface area (Å²) in [5.41, 5.74) is 3.24. The number of pyridine rings is 1. The highest BCUT2D eigenvalue weighted by Crippen LogP contribution is 2.23. The summed E-state index contributed by atoms with van der Waals surface area (Å²) in [6.07, 6.45) is 4.19. The summed E-state index contributed by atoms with van der Waals surface area (Å²) in [5.74, 6) is -0.533. The van der Waals surface area contributed by atoms with E-state index in [1.54, 1.807) is 25.4 Å². The van der Waals surface area contributed by atoms with Crippen LogP contribution in [0, 0.1) is 12.7 Å². The molecule has 0 bridgehead atoms. The number of aromatic nitrogens is 1. The molecule has 3 rings (SSSR count). The van der Waals surface area contributed by atoms with Crippen LogP contribution in [-0.2, 0) is 29.5 Å². The molecule has 4 nitrogen and oxygen atoms in total. The lowest BCUT2D eigenvalue weighted by Gasteiger charge is -2.23. The molecule has 2 aromatic carbocycles. The fourth-order valence-electron chi connectivity index (χ4n) is 2.89. The quantitative estimate of drug-likeness (QED) is 0.589. The average molecular weight is 399 g/mol. The van der Waals surface area contributed by atoms with Crippen molar-refractivity contribution < 1.29 is 12.8 Å². The first-order valence-corrected chi connectivity index (χ1v) is 10.6. The van der Waals surface area contributed by atoms with E-state index < -0.39 is 15.8 Å². The maximum absolute atomic E-state index is 14.0. The van der Waals surface area contributed by atoms with E-state index in [4.69, 9.17) is 0 Å². The molecule has 0 spiro atoms. The minimum Gasteiger partial charge on any atom is -0.264 e. The molecule has 0 aliphatic carbocycles. The first kappa shape index (κ1) is 20.2. The third-order valence-corrected chi connectivity index (χ3v) is 6.44. The SMILES string of the molecule is CCc1ccc(CN(Cc2cccnc2)S(=O)(=O)c2ccc(C)c(F)c2)cc1. The Bertz CT molecular complexity index is 1040. The molecular weight excluding hydrogens is 375 g/mol. The zero-order valence-electron chi connectivity index (χ0n) is 16.0. The Morgan fingerprint density at radius 1 is 0.964 bits per heavy atom. The molecule has 0 fully saturated rings. The van der Waals surface area contributed by atoms with Crippen molar-refractivity contribution in [2.75, 3.05) is 0 Å². The highest BCUT2D eigenvalue weighted by atomic mass is 32.2. The second-order valence-electron chi connectivity index (χ2n) is 6.72. The number of sulfonamides is 1. The summed E-state index contributed by atoms with van der Waals surface area (Å²) in [6, 6.07) is 15.5. The predicted octanol–water partition coefficient (Wildman–Crippen LogP) is 4.48. The van der Waals surface area contributed by atoms with Gasteiger partial charge in [-0.3, -0.25) is 4.98 Å². The normalized spacial score (nSPS) is 11.7. The molecule has 3 aromatic rings. The van der Waals surface area contributed by atoms with Crippen molar-refractivity contribution in [3.8, 4) is 0 Å². The Morgan fingerprint density at radius 3 is 2.25 bits per heavy atom. The van der Waals surface area contributed by atoms with Crippen LogP contribution in [-0.4, -0.2) is 17.7 Å². The molecule has 0 saturated heterocycles. The van der Waals surface area contributed by atoms with Gasteiger partial charge in [-0.1, -0.05) is 43.3 Å². The molecule has 1 aromatic heterocycles. The van der Waals surface area contributed by atoms with Crippen LogP contribution in [0.15, 0.2) is 71.9 Å². The van der Waals surface area contributed by atoms with Crippen molar-refractivity contribution in [1.29, 1.82) is 0 Å². The van der Waals surface area contributed by atoms with Gasteiger partial charge in [0.25, 0.3) is 0 Å². The molecule has 0 atom stereocenters. The lowest BCUT2D eigenvalue weighted by Crippen LogP contribution is -2.30. The van der Waals surface area contributed by atoms with Crippen LogP contribution in [0.25, 0.3) is 0 Å². The minimum atomic E-state index is -3.89. The second kappa shape index (κ2) is 8.63. The maximum Gasteiger partial charge on any atom is 0.243 e. The number of aryl methyl sites for hydroxylation is 2. The molecule has 1 heterocycles. The van der Waals surface area contributed by atoms with Crippen molar-refractivity contribution in [3.05, 3.63) is 95.1 Å². The molecule has 0 aliphatic heterocycles. The molecule has 6 heteroatoms. The lowest BCUT2D eigenvalue weighted by molar-refractivity contribution is 0.400. The average Bonchev–Trinajstić information content (AvgIpc) is 2.71. The van der Waals surface area contributed by atoms with Crippen molar-refractivity contribution in [2.45, 2.75) is 38.3 Å². The molecule has 0 aliphatic rings. The van der Waals surface area contributed by atoms with Crippen LogP contribution in [0.5, 0.6) is 0 Å². The molecule has 28 heavy (non-hydrogen) atoms. The predicted molar refractivity (Wildman–Crippen MR) is 108 cm³/mol. The number of hydrogen-bond acceptors (Lipinski definition) is 3. The molecular formula is C22H23FN2O2S. The Kier molecular flexibility index (Phi) is 6.21. The largest absolute Gasteiger partial charge is 0.264 e. The summed E-state index contributed by atoms with van der Waals surface area (Å²) in [7, 11) is -3.89. The fourth-order valence-corrected chi connectivity index (χ4v) is 4.32. The van der Waals surface area contributed by atoms with Gasteiger partial charge < -0.3 is 0 Å². The van der Waals surface area contributed by atoms with E-state index in [1.807, 2.05) is 30.3 Å². The van der Waals surface area contributed by atoms with E-state index in [0.29, 0.717) is 5.56 Å². The third kappa shape index (κ3) is 4.64. The summed E-state index contributed by atoms with van der Waals surface area (Å²) < 4.78 is 41.9. The zero-order valence-corrected chi connectivity index (χ0v) is 16.8. The minimum absolute atomic E-state index is 0.0512. The highest BCUT2D eigenvalue weighted by molar-refractivity contribution is 7.89. The van der Waals surface area contributed by atoms with E-state index in [-0.39, 0.29) is 18.0 Å². The number of hydrogen-bond donors (Lipinski definition) is 0. The van der Waals surface area contributed by atoms with Crippen LogP contribution < -0.4 is 0 Å². The van der Waals surface area contributed by atoms with Gasteiger partial charge in [-0.15, -0.1) is 0 Å². The van der Waals surface area contributed by atoms with Crippen LogP contribution in [0.2, 0.25) is 0 Å². The van der Waals surface area contributed by atoms with Gasteiger partial charge >= 0.3 is 0 Å². The van der Waals surface area contributed by atoms with Gasteiger partial charge in [-0.2, -0.15) is 4.31 Å². The smallest absolute Gasteiger partial charge is 0.243 e. The third-order valence-electron chi connectivity index (χ3n) is 4.65. The van der Waals surface area contributed by atoms with E-state index in [0.717, 1.165) is 23.6 Å². The Labute approximate surface area is 165 Å². The standard InChI is InChI=1S/C22H23FN2O2S/c1-3-18-7-9-19(10-8-18)15-25(16-20-5-4-12-24-14-20)28(26,27)21-11-6-17(2)22(23)13-21/h4-14H,3,15-16H2,1-2H3. The van der Waals surface area contributed by atoms with Gasteiger partial charge in [0.15, 0.2) is 0 Å². The molecule has 0 N–H and O–H groups in total. The Morgan fingerprint density at radius 2 is 1.64 bits per heavy atom. The highest BCUT2D eigenvalue weighted by Gasteiger charge is 2.26. The van der Waals surface area contributed by atoms with E-state index >= 15 is 0 Å². The first-order valence-electron chi connectivity index (χ1n) is 9.13. The van der Waals surface area contributed by atoms with Crippen LogP contribution in [0.3, 0.4) is 0 Å². The summed E-state index contributed by atoms with van der Waals surface area (Å²) >= 11 is 0. The van der Waals surface area contributed by atoms with Gasteiger partial charge in [0.05, 0.1) is 4.90 Å². The van der Waals surface area contributed by atoms with Crippen molar-refractivity contribution in [1.82, 2.24) is 9.29 Å². The summed E-state index contributed by atoms with van der Waals surface area (Å²) in [4.78, 5) is 4.02. The lowest BCUT2D eigenvalue weighted by atomic mass is 10.1. The molecule has 0 unspecified atom stereocenters. The van der Waals surface area contributed by atoms with E-state index in [2.05, 4.69) is 11.9 Å². The Hall–Kier alpha value is -2.57. The van der Waals surface area contributed by atoms with Crippen molar-refractivity contribution in [2.24, 2.45) is 0 Å². The van der Waals surface area contributed by atoms with Gasteiger partial charge in [0.1, 0.15) is 5.82 Å². The fraction of sp³-hybridized carbons (Fsp3) is 0.227. The second-order valence-corrected chi connectivity index (χ2v) is 8.65. The van der Waals surface area contributed by atoms with Crippen molar-refractivity contribution >= 4 is 10.0 Å². The van der Waals surface area contributed by atoms with Crippen LogP contribution in [0.4, 0.5) is 4.39 Å². The van der Waals surface area contributed by atoms with Crippen LogP contribution in [0.1, 0.15) is 29.2 Å².